The molecule has 3 aromatic rings. The molecule has 1 saturated carbocycles. The van der Waals surface area contributed by atoms with Crippen LogP contribution in [-0.2, 0) is 16.8 Å². The van der Waals surface area contributed by atoms with Gasteiger partial charge in [-0.3, -0.25) is 4.79 Å². The maximum Gasteiger partial charge on any atom is 0.233 e. The van der Waals surface area contributed by atoms with Gasteiger partial charge in [-0.15, -0.1) is 0 Å². The summed E-state index contributed by atoms with van der Waals surface area (Å²) < 4.78 is 5.36. The number of ether oxygens (including phenoxy) is 1. The molecule has 1 aliphatic rings. The van der Waals surface area contributed by atoms with E-state index in [0.29, 0.717) is 6.54 Å². The fourth-order valence-electron chi connectivity index (χ4n) is 3.64. The summed E-state index contributed by atoms with van der Waals surface area (Å²) in [6, 6.07) is 16.1. The van der Waals surface area contributed by atoms with E-state index in [1.165, 1.54) is 0 Å². The summed E-state index contributed by atoms with van der Waals surface area (Å²) in [7, 11) is 3.56. The fraction of sp³-hybridized carbons (Fsp3) is 0.286. The molecule has 1 aromatic heterocycles. The highest BCUT2D eigenvalue weighted by Crippen LogP contribution is 2.52. The van der Waals surface area contributed by atoms with Crippen molar-refractivity contribution in [3.05, 3.63) is 65.9 Å². The second-order valence-electron chi connectivity index (χ2n) is 6.84. The molecular formula is C21H22N2O2. The Kier molecular flexibility index (Phi) is 3.75. The second-order valence-corrected chi connectivity index (χ2v) is 6.84. The van der Waals surface area contributed by atoms with Gasteiger partial charge in [0.05, 0.1) is 12.5 Å². The number of likely N-dealkylation sites (N-methyl/N-ethyl adjacent to an activating group) is 1. The summed E-state index contributed by atoms with van der Waals surface area (Å²) >= 11 is 0. The number of methoxy groups -OCH3 is 1. The van der Waals surface area contributed by atoms with Crippen LogP contribution in [0.3, 0.4) is 0 Å². The first kappa shape index (κ1) is 15.8. The quantitative estimate of drug-likeness (QED) is 0.770. The van der Waals surface area contributed by atoms with Gasteiger partial charge in [0.1, 0.15) is 5.75 Å². The van der Waals surface area contributed by atoms with Gasteiger partial charge in [0.15, 0.2) is 0 Å². The van der Waals surface area contributed by atoms with Crippen LogP contribution in [-0.4, -0.2) is 29.9 Å². The van der Waals surface area contributed by atoms with Gasteiger partial charge in [-0.25, -0.2) is 0 Å². The molecule has 0 atom stereocenters. The highest BCUT2D eigenvalue weighted by atomic mass is 16.5. The molecule has 4 nitrogen and oxygen atoms in total. The van der Waals surface area contributed by atoms with E-state index in [-0.39, 0.29) is 5.91 Å². The number of amides is 1. The van der Waals surface area contributed by atoms with E-state index in [2.05, 4.69) is 17.1 Å². The average molecular weight is 334 g/mol. The van der Waals surface area contributed by atoms with Gasteiger partial charge in [-0.1, -0.05) is 30.3 Å². The minimum absolute atomic E-state index is 0.195. The number of hydrogen-bond acceptors (Lipinski definition) is 2. The van der Waals surface area contributed by atoms with Gasteiger partial charge >= 0.3 is 0 Å². The molecule has 1 fully saturated rings. The van der Waals surface area contributed by atoms with Crippen molar-refractivity contribution in [2.24, 2.45) is 0 Å². The maximum atomic E-state index is 13.2. The van der Waals surface area contributed by atoms with E-state index in [9.17, 15) is 4.79 Å². The van der Waals surface area contributed by atoms with Crippen LogP contribution >= 0.6 is 0 Å². The minimum atomic E-state index is -0.395. The molecular weight excluding hydrogens is 312 g/mol. The van der Waals surface area contributed by atoms with Crippen molar-refractivity contribution < 1.29 is 9.53 Å². The fourth-order valence-corrected chi connectivity index (χ4v) is 3.64. The van der Waals surface area contributed by atoms with Gasteiger partial charge in [0.2, 0.25) is 5.91 Å². The number of aromatic amines is 1. The van der Waals surface area contributed by atoms with Crippen LogP contribution in [0.25, 0.3) is 10.9 Å². The topological polar surface area (TPSA) is 45.3 Å². The SMILES string of the molecule is COc1ccc2[nH]cc(C3(C(=O)N(C)Cc4ccccc4)CC3)c2c1. The van der Waals surface area contributed by atoms with Crippen molar-refractivity contribution in [3.63, 3.8) is 0 Å². The third kappa shape index (κ3) is 2.68. The van der Waals surface area contributed by atoms with Crippen LogP contribution < -0.4 is 4.74 Å². The number of nitrogens with zero attached hydrogens (tertiary/aromatic N) is 1. The Balaban J connectivity index is 1.64. The van der Waals surface area contributed by atoms with Crippen molar-refractivity contribution in [1.29, 1.82) is 0 Å². The number of H-pyrrole nitrogens is 1. The maximum absolute atomic E-state index is 13.2. The predicted octanol–water partition coefficient (Wildman–Crippen LogP) is 3.87. The lowest BCUT2D eigenvalue weighted by Crippen LogP contribution is -2.36. The van der Waals surface area contributed by atoms with Gasteiger partial charge < -0.3 is 14.6 Å². The lowest BCUT2D eigenvalue weighted by atomic mass is 9.93. The van der Waals surface area contributed by atoms with Crippen LogP contribution in [0.1, 0.15) is 24.0 Å². The van der Waals surface area contributed by atoms with E-state index < -0.39 is 5.41 Å². The number of rotatable bonds is 5. The number of fused-ring (bicyclic) bond motifs is 1. The normalized spacial score (nSPS) is 15.1. The van der Waals surface area contributed by atoms with Crippen molar-refractivity contribution in [3.8, 4) is 5.75 Å². The summed E-state index contributed by atoms with van der Waals surface area (Å²) in [6.45, 7) is 0.632. The molecule has 2 aromatic carbocycles. The molecule has 1 amide bonds. The average Bonchev–Trinajstić information content (AvgIpc) is 3.34. The van der Waals surface area contributed by atoms with E-state index >= 15 is 0 Å². The van der Waals surface area contributed by atoms with E-state index in [1.807, 2.05) is 54.5 Å². The molecule has 25 heavy (non-hydrogen) atoms. The number of carbonyl (C=O) groups is 1. The minimum Gasteiger partial charge on any atom is -0.497 e. The molecule has 0 spiro atoms. The summed E-state index contributed by atoms with van der Waals surface area (Å²) in [6.07, 6.45) is 3.79. The van der Waals surface area contributed by atoms with Crippen LogP contribution in [0, 0.1) is 0 Å². The van der Waals surface area contributed by atoms with Crippen molar-refractivity contribution in [1.82, 2.24) is 9.88 Å². The molecule has 0 aliphatic heterocycles. The second kappa shape index (κ2) is 5.96. The smallest absolute Gasteiger partial charge is 0.233 e. The Morgan fingerprint density at radius 2 is 1.96 bits per heavy atom. The van der Waals surface area contributed by atoms with Gasteiger partial charge in [0.25, 0.3) is 0 Å². The predicted molar refractivity (Wildman–Crippen MR) is 98.7 cm³/mol. The molecule has 0 radical (unpaired) electrons. The van der Waals surface area contributed by atoms with E-state index in [4.69, 9.17) is 4.74 Å². The summed E-state index contributed by atoms with van der Waals surface area (Å²) in [5.41, 5.74) is 2.88. The first-order valence-electron chi connectivity index (χ1n) is 8.59. The molecule has 4 rings (SSSR count). The Bertz CT molecular complexity index is 910. The third-order valence-corrected chi connectivity index (χ3v) is 5.17. The van der Waals surface area contributed by atoms with E-state index in [1.54, 1.807) is 7.11 Å². The van der Waals surface area contributed by atoms with Gasteiger partial charge in [0, 0.05) is 30.7 Å². The molecule has 1 aliphatic carbocycles. The third-order valence-electron chi connectivity index (χ3n) is 5.17. The Hall–Kier alpha value is -2.75. The van der Waals surface area contributed by atoms with Crippen LogP contribution in [0.15, 0.2) is 54.7 Å². The number of benzene rings is 2. The molecule has 0 saturated heterocycles. The lowest BCUT2D eigenvalue weighted by Gasteiger charge is -2.23. The van der Waals surface area contributed by atoms with Gasteiger partial charge in [-0.2, -0.15) is 0 Å². The lowest BCUT2D eigenvalue weighted by molar-refractivity contribution is -0.133. The molecule has 1 N–H and O–H groups in total. The number of carbonyl (C=O) groups excluding carboxylic acids is 1. The largest absolute Gasteiger partial charge is 0.497 e. The van der Waals surface area contributed by atoms with Gasteiger partial charge in [-0.05, 0) is 42.2 Å². The first-order valence-corrected chi connectivity index (χ1v) is 8.59. The highest BCUT2D eigenvalue weighted by Gasteiger charge is 2.53. The first-order chi connectivity index (χ1) is 12.1. The number of nitrogens with one attached hydrogen (secondary N) is 1. The molecule has 4 heteroatoms. The highest BCUT2D eigenvalue weighted by molar-refractivity contribution is 5.97. The van der Waals surface area contributed by atoms with Crippen molar-refractivity contribution >= 4 is 16.8 Å². The Morgan fingerprint density at radius 3 is 2.64 bits per heavy atom. The van der Waals surface area contributed by atoms with Crippen molar-refractivity contribution in [2.45, 2.75) is 24.8 Å². The zero-order chi connectivity index (χ0) is 17.4. The zero-order valence-electron chi connectivity index (χ0n) is 14.6. The Labute approximate surface area is 147 Å². The summed E-state index contributed by atoms with van der Waals surface area (Å²) in [5.74, 6) is 1.01. The standard InChI is InChI=1S/C21H22N2O2/c1-23(14-15-6-4-3-5-7-15)20(24)21(10-11-21)18-13-22-19-9-8-16(25-2)12-17(18)19/h3-9,12-13,22H,10-11,14H2,1-2H3. The van der Waals surface area contributed by atoms with Crippen LogP contribution in [0.2, 0.25) is 0 Å². The molecule has 1 heterocycles. The molecule has 0 bridgehead atoms. The zero-order valence-corrected chi connectivity index (χ0v) is 14.6. The van der Waals surface area contributed by atoms with Crippen LogP contribution in [0.5, 0.6) is 5.75 Å². The monoisotopic (exact) mass is 334 g/mol. The summed E-state index contributed by atoms with van der Waals surface area (Å²) in [5, 5.41) is 1.08. The number of aromatic nitrogens is 1. The molecule has 128 valence electrons. The summed E-state index contributed by atoms with van der Waals surface area (Å²) in [4.78, 5) is 18.4. The molecule has 0 unspecified atom stereocenters. The van der Waals surface area contributed by atoms with E-state index in [0.717, 1.165) is 40.6 Å². The number of hydrogen-bond donors (Lipinski definition) is 1. The van der Waals surface area contributed by atoms with Crippen molar-refractivity contribution in [2.75, 3.05) is 14.2 Å². The Morgan fingerprint density at radius 1 is 1.20 bits per heavy atom. The van der Waals surface area contributed by atoms with Crippen LogP contribution in [0.4, 0.5) is 0 Å².